The fourth-order valence-electron chi connectivity index (χ4n) is 1.67. The number of carboxylic acid groups (broad SMARTS) is 1. The van der Waals surface area contributed by atoms with Gasteiger partial charge in [0.1, 0.15) is 5.82 Å². The van der Waals surface area contributed by atoms with E-state index in [-0.39, 0.29) is 17.9 Å². The molecule has 0 amide bonds. The molecule has 0 heterocycles. The standard InChI is InChI=1S/C13H18FNO2/c1-8(13(16)17)9(2)15-10(3)11-6-4-5-7-12(11)14/h4-10,15H,1-3H3,(H,16,17)/t8?,9?,10-/m1/s1. The molecule has 1 aromatic carbocycles. The molecule has 2 N–H and O–H groups in total. The minimum atomic E-state index is -0.856. The van der Waals surface area contributed by atoms with E-state index in [2.05, 4.69) is 5.32 Å². The Labute approximate surface area is 101 Å². The zero-order valence-corrected chi connectivity index (χ0v) is 10.3. The lowest BCUT2D eigenvalue weighted by Gasteiger charge is -2.23. The van der Waals surface area contributed by atoms with Crippen molar-refractivity contribution in [3.63, 3.8) is 0 Å². The molecule has 0 saturated heterocycles. The topological polar surface area (TPSA) is 49.3 Å². The third kappa shape index (κ3) is 3.53. The minimum absolute atomic E-state index is 0.215. The lowest BCUT2D eigenvalue weighted by atomic mass is 10.0. The van der Waals surface area contributed by atoms with Gasteiger partial charge in [-0.1, -0.05) is 25.1 Å². The van der Waals surface area contributed by atoms with Crippen LogP contribution in [0.25, 0.3) is 0 Å². The van der Waals surface area contributed by atoms with Crippen molar-refractivity contribution in [2.75, 3.05) is 0 Å². The molecule has 0 bridgehead atoms. The van der Waals surface area contributed by atoms with Crippen molar-refractivity contribution in [3.05, 3.63) is 35.6 Å². The van der Waals surface area contributed by atoms with Gasteiger partial charge in [-0.25, -0.2) is 4.39 Å². The molecule has 4 heteroatoms. The van der Waals surface area contributed by atoms with E-state index in [1.165, 1.54) is 6.07 Å². The normalized spacial score (nSPS) is 16.2. The highest BCUT2D eigenvalue weighted by molar-refractivity contribution is 5.70. The molecule has 0 aliphatic carbocycles. The fraction of sp³-hybridized carbons (Fsp3) is 0.462. The van der Waals surface area contributed by atoms with Crippen molar-refractivity contribution < 1.29 is 14.3 Å². The van der Waals surface area contributed by atoms with Crippen LogP contribution in [0.15, 0.2) is 24.3 Å². The highest BCUT2D eigenvalue weighted by Crippen LogP contribution is 2.18. The van der Waals surface area contributed by atoms with Crippen molar-refractivity contribution in [2.45, 2.75) is 32.9 Å². The second kappa shape index (κ2) is 5.77. The fourth-order valence-corrected chi connectivity index (χ4v) is 1.67. The van der Waals surface area contributed by atoms with Crippen LogP contribution in [0.2, 0.25) is 0 Å². The van der Waals surface area contributed by atoms with Gasteiger partial charge in [0.25, 0.3) is 0 Å². The molecule has 2 unspecified atom stereocenters. The summed E-state index contributed by atoms with van der Waals surface area (Å²) >= 11 is 0. The summed E-state index contributed by atoms with van der Waals surface area (Å²) in [7, 11) is 0. The molecule has 0 radical (unpaired) electrons. The van der Waals surface area contributed by atoms with E-state index < -0.39 is 11.9 Å². The van der Waals surface area contributed by atoms with E-state index in [1.807, 2.05) is 6.92 Å². The van der Waals surface area contributed by atoms with Crippen LogP contribution in [0.4, 0.5) is 4.39 Å². The third-order valence-corrected chi connectivity index (χ3v) is 3.02. The van der Waals surface area contributed by atoms with Gasteiger partial charge < -0.3 is 10.4 Å². The first-order valence-corrected chi connectivity index (χ1v) is 5.66. The van der Waals surface area contributed by atoms with E-state index in [1.54, 1.807) is 32.0 Å². The van der Waals surface area contributed by atoms with Gasteiger partial charge in [-0.2, -0.15) is 0 Å². The van der Waals surface area contributed by atoms with E-state index in [9.17, 15) is 9.18 Å². The number of halogens is 1. The van der Waals surface area contributed by atoms with E-state index in [0.717, 1.165) is 0 Å². The zero-order valence-electron chi connectivity index (χ0n) is 10.3. The maximum Gasteiger partial charge on any atom is 0.307 e. The third-order valence-electron chi connectivity index (χ3n) is 3.02. The molecule has 94 valence electrons. The maximum absolute atomic E-state index is 13.5. The molecular weight excluding hydrogens is 221 g/mol. The molecule has 1 rings (SSSR count). The molecule has 0 fully saturated rings. The van der Waals surface area contributed by atoms with Crippen LogP contribution in [-0.4, -0.2) is 17.1 Å². The first-order valence-electron chi connectivity index (χ1n) is 5.66. The van der Waals surface area contributed by atoms with Gasteiger partial charge in [-0.3, -0.25) is 4.79 Å². The predicted octanol–water partition coefficient (Wildman–Crippen LogP) is 2.59. The lowest BCUT2D eigenvalue weighted by molar-refractivity contribution is -0.142. The van der Waals surface area contributed by atoms with Crippen molar-refractivity contribution in [1.29, 1.82) is 0 Å². The van der Waals surface area contributed by atoms with Gasteiger partial charge in [0.15, 0.2) is 0 Å². The molecule has 0 spiro atoms. The van der Waals surface area contributed by atoms with E-state index in [4.69, 9.17) is 5.11 Å². The van der Waals surface area contributed by atoms with Gasteiger partial charge >= 0.3 is 5.97 Å². The van der Waals surface area contributed by atoms with Crippen LogP contribution < -0.4 is 5.32 Å². The summed E-state index contributed by atoms with van der Waals surface area (Å²) < 4.78 is 13.5. The second-order valence-electron chi connectivity index (χ2n) is 4.33. The van der Waals surface area contributed by atoms with Crippen molar-refractivity contribution >= 4 is 5.97 Å². The van der Waals surface area contributed by atoms with E-state index in [0.29, 0.717) is 5.56 Å². The average Bonchev–Trinajstić information content (AvgIpc) is 2.28. The Morgan fingerprint density at radius 1 is 1.29 bits per heavy atom. The summed E-state index contributed by atoms with van der Waals surface area (Å²) in [6.07, 6.45) is 0. The Hall–Kier alpha value is -1.42. The number of benzene rings is 1. The Balaban J connectivity index is 2.70. The molecule has 0 saturated carbocycles. The number of hydrogen-bond donors (Lipinski definition) is 2. The molecule has 1 aromatic rings. The molecule has 3 nitrogen and oxygen atoms in total. The quantitative estimate of drug-likeness (QED) is 0.830. The first kappa shape index (κ1) is 13.6. The largest absolute Gasteiger partial charge is 0.481 e. The van der Waals surface area contributed by atoms with Crippen molar-refractivity contribution in [3.8, 4) is 0 Å². The SMILES string of the molecule is CC(N[C@H](C)c1ccccc1F)C(C)C(=O)O. The number of carboxylic acids is 1. The molecular formula is C13H18FNO2. The van der Waals surface area contributed by atoms with Gasteiger partial charge in [0.2, 0.25) is 0 Å². The van der Waals surface area contributed by atoms with Crippen LogP contribution in [0, 0.1) is 11.7 Å². The number of hydrogen-bond acceptors (Lipinski definition) is 2. The minimum Gasteiger partial charge on any atom is -0.481 e. The van der Waals surface area contributed by atoms with Crippen molar-refractivity contribution in [2.24, 2.45) is 5.92 Å². The van der Waals surface area contributed by atoms with Crippen LogP contribution >= 0.6 is 0 Å². The van der Waals surface area contributed by atoms with Gasteiger partial charge in [-0.05, 0) is 19.9 Å². The summed E-state index contributed by atoms with van der Waals surface area (Å²) in [5.41, 5.74) is 0.553. The van der Waals surface area contributed by atoms with E-state index >= 15 is 0 Å². The summed E-state index contributed by atoms with van der Waals surface area (Å²) in [6.45, 7) is 5.24. The number of aliphatic carboxylic acids is 1. The monoisotopic (exact) mass is 239 g/mol. The Morgan fingerprint density at radius 2 is 1.88 bits per heavy atom. The summed E-state index contributed by atoms with van der Waals surface area (Å²) in [6, 6.07) is 6.07. The summed E-state index contributed by atoms with van der Waals surface area (Å²) in [4.78, 5) is 10.8. The predicted molar refractivity (Wildman–Crippen MR) is 64.2 cm³/mol. The van der Waals surface area contributed by atoms with Crippen molar-refractivity contribution in [1.82, 2.24) is 5.32 Å². The molecule has 0 aliphatic rings. The number of nitrogens with one attached hydrogen (secondary N) is 1. The maximum atomic E-state index is 13.5. The van der Waals surface area contributed by atoms with Crippen LogP contribution in [0.3, 0.4) is 0 Å². The molecule has 0 aromatic heterocycles. The Bertz CT molecular complexity index is 395. The summed E-state index contributed by atoms with van der Waals surface area (Å²) in [5.74, 6) is -1.64. The smallest absolute Gasteiger partial charge is 0.307 e. The highest BCUT2D eigenvalue weighted by atomic mass is 19.1. The summed E-state index contributed by atoms with van der Waals surface area (Å²) in [5, 5.41) is 12.0. The zero-order chi connectivity index (χ0) is 13.0. The molecule has 3 atom stereocenters. The van der Waals surface area contributed by atoms with Gasteiger partial charge in [-0.15, -0.1) is 0 Å². The van der Waals surface area contributed by atoms with Crippen LogP contribution in [-0.2, 0) is 4.79 Å². The number of carbonyl (C=O) groups is 1. The Morgan fingerprint density at radius 3 is 2.41 bits per heavy atom. The molecule has 17 heavy (non-hydrogen) atoms. The first-order chi connectivity index (χ1) is 7.93. The lowest BCUT2D eigenvalue weighted by Crippen LogP contribution is -2.37. The van der Waals surface area contributed by atoms with Crippen LogP contribution in [0.1, 0.15) is 32.4 Å². The molecule has 0 aliphatic heterocycles. The van der Waals surface area contributed by atoms with Gasteiger partial charge in [0.05, 0.1) is 5.92 Å². The second-order valence-corrected chi connectivity index (χ2v) is 4.33. The Kier molecular flexibility index (Phi) is 4.63. The average molecular weight is 239 g/mol. The number of rotatable bonds is 5. The van der Waals surface area contributed by atoms with Gasteiger partial charge in [0, 0.05) is 17.6 Å². The highest BCUT2D eigenvalue weighted by Gasteiger charge is 2.21. The van der Waals surface area contributed by atoms with Crippen LogP contribution in [0.5, 0.6) is 0 Å².